The molecule has 1 N–H and O–H groups in total. The number of thioether (sulfide) groups is 1. The van der Waals surface area contributed by atoms with Crippen molar-refractivity contribution in [3.05, 3.63) is 0 Å². The minimum Gasteiger partial charge on any atom is -0.396 e. The third kappa shape index (κ3) is 3.79. The van der Waals surface area contributed by atoms with Gasteiger partial charge in [0.25, 0.3) is 0 Å². The summed E-state index contributed by atoms with van der Waals surface area (Å²) in [6.45, 7) is 1.79. The van der Waals surface area contributed by atoms with Crippen LogP contribution in [0, 0.1) is 0 Å². The second-order valence-corrected chi connectivity index (χ2v) is 4.99. The quantitative estimate of drug-likeness (QED) is 0.516. The molecule has 13 heavy (non-hydrogen) atoms. The number of carbonyl (C=O) groups excluding carboxylic acids is 1. The average molecular weight is 221 g/mol. The van der Waals surface area contributed by atoms with Crippen molar-refractivity contribution < 1.29 is 9.90 Å². The van der Waals surface area contributed by atoms with Crippen LogP contribution in [0.1, 0.15) is 6.42 Å². The molecule has 1 heterocycles. The van der Waals surface area contributed by atoms with E-state index in [1.807, 2.05) is 4.90 Å². The molecule has 0 aromatic heterocycles. The molecule has 76 valence electrons. The second kappa shape index (κ2) is 5.78. The van der Waals surface area contributed by atoms with Crippen LogP contribution >= 0.6 is 24.4 Å². The third-order valence-electron chi connectivity index (χ3n) is 1.94. The fourth-order valence-corrected chi connectivity index (χ4v) is 2.34. The van der Waals surface area contributed by atoms with Crippen LogP contribution in [0.2, 0.25) is 0 Å². The highest BCUT2D eigenvalue weighted by Gasteiger charge is 2.26. The van der Waals surface area contributed by atoms with Gasteiger partial charge in [0.15, 0.2) is 0 Å². The number of amides is 1. The van der Waals surface area contributed by atoms with Crippen LogP contribution in [-0.2, 0) is 4.79 Å². The number of thiol groups is 1. The first kappa shape index (κ1) is 11.2. The summed E-state index contributed by atoms with van der Waals surface area (Å²) >= 11 is 5.94. The van der Waals surface area contributed by atoms with Gasteiger partial charge in [-0.3, -0.25) is 4.79 Å². The average Bonchev–Trinajstić information content (AvgIpc) is 2.39. The van der Waals surface area contributed by atoms with Gasteiger partial charge in [0.05, 0.1) is 6.61 Å². The number of aliphatic hydroxyl groups is 1. The van der Waals surface area contributed by atoms with Crippen LogP contribution in [0.5, 0.6) is 0 Å². The minimum absolute atomic E-state index is 0.213. The molecule has 1 aliphatic heterocycles. The third-order valence-corrected chi connectivity index (χ3v) is 3.22. The van der Waals surface area contributed by atoms with Gasteiger partial charge >= 0.3 is 0 Å². The number of hydrogen-bond acceptors (Lipinski definition) is 4. The number of hydrogen-bond donors (Lipinski definition) is 2. The fraction of sp³-hybridized carbons (Fsp3) is 0.875. The predicted molar refractivity (Wildman–Crippen MR) is 58.4 cm³/mol. The molecule has 1 rings (SSSR count). The summed E-state index contributed by atoms with van der Waals surface area (Å²) in [5, 5.41) is 8.76. The zero-order valence-electron chi connectivity index (χ0n) is 7.48. The Kier molecular flexibility index (Phi) is 4.98. The topological polar surface area (TPSA) is 40.5 Å². The van der Waals surface area contributed by atoms with E-state index in [4.69, 9.17) is 5.11 Å². The monoisotopic (exact) mass is 221 g/mol. The zero-order chi connectivity index (χ0) is 9.68. The highest BCUT2D eigenvalue weighted by atomic mass is 32.2. The number of nitrogens with zero attached hydrogens (tertiary/aromatic N) is 1. The maximum absolute atomic E-state index is 11.3. The van der Waals surface area contributed by atoms with E-state index in [0.717, 1.165) is 24.6 Å². The van der Waals surface area contributed by atoms with Crippen LogP contribution in [0.15, 0.2) is 0 Å². The Hall–Kier alpha value is 0.130. The van der Waals surface area contributed by atoms with Crippen molar-refractivity contribution in [3.8, 4) is 0 Å². The van der Waals surface area contributed by atoms with Crippen molar-refractivity contribution in [3.63, 3.8) is 0 Å². The van der Waals surface area contributed by atoms with E-state index < -0.39 is 0 Å². The Morgan fingerprint density at radius 1 is 1.62 bits per heavy atom. The van der Waals surface area contributed by atoms with Crippen molar-refractivity contribution in [1.29, 1.82) is 0 Å². The molecular weight excluding hydrogens is 206 g/mol. The minimum atomic E-state index is 0.213. The van der Waals surface area contributed by atoms with Gasteiger partial charge in [-0.25, -0.2) is 0 Å². The van der Waals surface area contributed by atoms with E-state index in [0.29, 0.717) is 6.42 Å². The van der Waals surface area contributed by atoms with Gasteiger partial charge in [0, 0.05) is 36.3 Å². The lowest BCUT2D eigenvalue weighted by Gasteiger charge is -2.14. The van der Waals surface area contributed by atoms with Gasteiger partial charge < -0.3 is 10.0 Å². The molecule has 1 atom stereocenters. The molecule has 0 aromatic rings. The first-order valence-electron chi connectivity index (χ1n) is 4.38. The van der Waals surface area contributed by atoms with E-state index in [2.05, 4.69) is 12.6 Å². The molecule has 0 spiro atoms. The van der Waals surface area contributed by atoms with E-state index >= 15 is 0 Å². The Morgan fingerprint density at radius 2 is 2.38 bits per heavy atom. The highest BCUT2D eigenvalue weighted by Crippen LogP contribution is 2.16. The maximum Gasteiger partial charge on any atom is 0.223 e. The van der Waals surface area contributed by atoms with Gasteiger partial charge in [-0.05, 0) is 0 Å². The molecule has 0 radical (unpaired) electrons. The molecule has 0 aliphatic carbocycles. The second-order valence-electron chi connectivity index (χ2n) is 3.03. The summed E-state index contributed by atoms with van der Waals surface area (Å²) < 4.78 is 0. The molecule has 3 nitrogen and oxygen atoms in total. The standard InChI is InChI=1S/C8H15NO2S2/c10-2-4-13-3-1-9-6-7(12)5-8(9)11/h7,10,12H,1-6H2. The summed E-state index contributed by atoms with van der Waals surface area (Å²) in [5.74, 6) is 1.88. The van der Waals surface area contributed by atoms with E-state index in [1.165, 1.54) is 0 Å². The number of rotatable bonds is 5. The molecule has 0 aromatic carbocycles. The Balaban J connectivity index is 2.11. The molecule has 1 amide bonds. The number of carbonyl (C=O) groups is 1. The van der Waals surface area contributed by atoms with Crippen molar-refractivity contribution >= 4 is 30.3 Å². The van der Waals surface area contributed by atoms with Crippen molar-refractivity contribution in [1.82, 2.24) is 4.90 Å². The SMILES string of the molecule is O=C1CC(S)CN1CCSCCO. The number of aliphatic hydroxyl groups excluding tert-OH is 1. The van der Waals surface area contributed by atoms with Gasteiger partial charge in [-0.1, -0.05) is 0 Å². The molecule has 5 heteroatoms. The molecule has 0 saturated carbocycles. The molecular formula is C8H15NO2S2. The van der Waals surface area contributed by atoms with Gasteiger partial charge in [0.1, 0.15) is 0 Å². The predicted octanol–water partition coefficient (Wildman–Crippen LogP) is 0.243. The summed E-state index contributed by atoms with van der Waals surface area (Å²) in [6.07, 6.45) is 0.577. The van der Waals surface area contributed by atoms with Crippen LogP contribution < -0.4 is 0 Å². The smallest absolute Gasteiger partial charge is 0.223 e. The summed E-state index contributed by atoms with van der Waals surface area (Å²) in [5.41, 5.74) is 0. The van der Waals surface area contributed by atoms with Gasteiger partial charge in [-0.15, -0.1) is 0 Å². The largest absolute Gasteiger partial charge is 0.396 e. The van der Waals surface area contributed by atoms with Crippen LogP contribution in [-0.4, -0.2) is 52.4 Å². The molecule has 1 aliphatic rings. The van der Waals surface area contributed by atoms with Gasteiger partial charge in [-0.2, -0.15) is 24.4 Å². The number of likely N-dealkylation sites (tertiary alicyclic amines) is 1. The lowest BCUT2D eigenvalue weighted by Crippen LogP contribution is -2.27. The van der Waals surface area contributed by atoms with Crippen LogP contribution in [0.25, 0.3) is 0 Å². The van der Waals surface area contributed by atoms with E-state index in [-0.39, 0.29) is 17.8 Å². The first-order chi connectivity index (χ1) is 6.24. The van der Waals surface area contributed by atoms with Gasteiger partial charge in [0.2, 0.25) is 5.91 Å². The Bertz CT molecular complexity index is 178. The Morgan fingerprint density at radius 3 is 2.92 bits per heavy atom. The lowest BCUT2D eigenvalue weighted by atomic mass is 10.4. The van der Waals surface area contributed by atoms with Crippen molar-refractivity contribution in [2.75, 3.05) is 31.2 Å². The zero-order valence-corrected chi connectivity index (χ0v) is 9.19. The maximum atomic E-state index is 11.3. The van der Waals surface area contributed by atoms with E-state index in [9.17, 15) is 4.79 Å². The molecule has 0 bridgehead atoms. The molecule has 1 fully saturated rings. The Labute approximate surface area is 88.3 Å². The molecule has 1 saturated heterocycles. The summed E-state index contributed by atoms with van der Waals surface area (Å²) in [7, 11) is 0. The normalized spacial score (nSPS) is 22.8. The highest BCUT2D eigenvalue weighted by molar-refractivity contribution is 7.99. The van der Waals surface area contributed by atoms with E-state index in [1.54, 1.807) is 11.8 Å². The van der Waals surface area contributed by atoms with Crippen LogP contribution in [0.3, 0.4) is 0 Å². The molecule has 1 unspecified atom stereocenters. The lowest BCUT2D eigenvalue weighted by molar-refractivity contribution is -0.127. The fourth-order valence-electron chi connectivity index (χ4n) is 1.31. The first-order valence-corrected chi connectivity index (χ1v) is 6.05. The van der Waals surface area contributed by atoms with Crippen molar-refractivity contribution in [2.45, 2.75) is 11.7 Å². The van der Waals surface area contributed by atoms with Crippen LogP contribution in [0.4, 0.5) is 0 Å². The van der Waals surface area contributed by atoms with Crippen molar-refractivity contribution in [2.24, 2.45) is 0 Å². The summed E-state index contributed by atoms with van der Waals surface area (Å²) in [4.78, 5) is 13.1. The summed E-state index contributed by atoms with van der Waals surface area (Å²) in [6, 6.07) is 0.